The van der Waals surface area contributed by atoms with Gasteiger partial charge in [0.25, 0.3) is 0 Å². The standard InChI is InChI=1S/C10H14N2S/c1-8(10-11-6-7-13-10)12-9-4-2-3-5-9/h2-3,6-9,12H,4-5H2,1H3. The number of hydrogen-bond acceptors (Lipinski definition) is 3. The Balaban J connectivity index is 1.88. The van der Waals surface area contributed by atoms with Crippen LogP contribution in [-0.2, 0) is 0 Å². The van der Waals surface area contributed by atoms with E-state index in [0.717, 1.165) is 12.8 Å². The molecule has 0 aromatic carbocycles. The number of rotatable bonds is 3. The van der Waals surface area contributed by atoms with Gasteiger partial charge in [0.2, 0.25) is 0 Å². The lowest BCUT2D eigenvalue weighted by Gasteiger charge is -2.16. The Morgan fingerprint density at radius 1 is 1.54 bits per heavy atom. The lowest BCUT2D eigenvalue weighted by atomic mass is 10.2. The highest BCUT2D eigenvalue weighted by Gasteiger charge is 2.15. The largest absolute Gasteiger partial charge is 0.305 e. The molecule has 1 aromatic heterocycles. The van der Waals surface area contributed by atoms with Crippen molar-refractivity contribution in [1.82, 2.24) is 10.3 Å². The molecule has 1 aliphatic rings. The molecule has 1 aliphatic carbocycles. The zero-order valence-corrected chi connectivity index (χ0v) is 8.55. The van der Waals surface area contributed by atoms with Gasteiger partial charge in [-0.05, 0) is 19.8 Å². The Bertz CT molecular complexity index is 271. The quantitative estimate of drug-likeness (QED) is 0.748. The molecule has 0 fully saturated rings. The van der Waals surface area contributed by atoms with Crippen LogP contribution in [0.3, 0.4) is 0 Å². The van der Waals surface area contributed by atoms with E-state index in [-0.39, 0.29) is 0 Å². The zero-order chi connectivity index (χ0) is 9.10. The molecule has 1 aromatic rings. The fraction of sp³-hybridized carbons (Fsp3) is 0.500. The molecule has 0 bridgehead atoms. The third-order valence-electron chi connectivity index (χ3n) is 2.32. The molecule has 70 valence electrons. The number of hydrogen-bond donors (Lipinski definition) is 1. The van der Waals surface area contributed by atoms with E-state index < -0.39 is 0 Å². The second-order valence-electron chi connectivity index (χ2n) is 3.40. The van der Waals surface area contributed by atoms with Gasteiger partial charge in [0.05, 0.1) is 6.04 Å². The minimum Gasteiger partial charge on any atom is -0.305 e. The van der Waals surface area contributed by atoms with Crippen LogP contribution in [0, 0.1) is 0 Å². The molecule has 1 unspecified atom stereocenters. The first-order valence-electron chi connectivity index (χ1n) is 4.66. The summed E-state index contributed by atoms with van der Waals surface area (Å²) in [6, 6.07) is 1.02. The molecule has 0 saturated heterocycles. The summed E-state index contributed by atoms with van der Waals surface area (Å²) in [4.78, 5) is 4.29. The van der Waals surface area contributed by atoms with E-state index in [2.05, 4.69) is 29.4 Å². The third kappa shape index (κ3) is 2.17. The molecule has 1 heterocycles. The van der Waals surface area contributed by atoms with Crippen LogP contribution < -0.4 is 5.32 Å². The van der Waals surface area contributed by atoms with Crippen LogP contribution in [0.15, 0.2) is 23.7 Å². The summed E-state index contributed by atoms with van der Waals surface area (Å²) in [6.45, 7) is 2.18. The molecule has 0 amide bonds. The van der Waals surface area contributed by atoms with Gasteiger partial charge in [0.15, 0.2) is 0 Å². The molecule has 2 rings (SSSR count). The molecule has 0 spiro atoms. The molecule has 1 atom stereocenters. The monoisotopic (exact) mass is 194 g/mol. The first kappa shape index (κ1) is 8.91. The second kappa shape index (κ2) is 4.03. The van der Waals surface area contributed by atoms with Crippen LogP contribution in [0.4, 0.5) is 0 Å². The molecule has 1 N–H and O–H groups in total. The lowest BCUT2D eigenvalue weighted by molar-refractivity contribution is 0.470. The lowest BCUT2D eigenvalue weighted by Crippen LogP contribution is -2.29. The molecule has 0 saturated carbocycles. The van der Waals surface area contributed by atoms with Gasteiger partial charge in [-0.15, -0.1) is 11.3 Å². The smallest absolute Gasteiger partial charge is 0.109 e. The SMILES string of the molecule is CC(NC1CC=CC1)c1nccs1. The normalized spacial score (nSPS) is 19.5. The number of nitrogens with zero attached hydrogens (tertiary/aromatic N) is 1. The Labute approximate surface area is 82.7 Å². The molecule has 13 heavy (non-hydrogen) atoms. The van der Waals surface area contributed by atoms with E-state index in [1.807, 2.05) is 11.6 Å². The first-order valence-corrected chi connectivity index (χ1v) is 5.54. The van der Waals surface area contributed by atoms with E-state index in [9.17, 15) is 0 Å². The Morgan fingerprint density at radius 2 is 2.31 bits per heavy atom. The summed E-state index contributed by atoms with van der Waals surface area (Å²) in [6.07, 6.45) is 8.68. The predicted molar refractivity (Wildman–Crippen MR) is 55.8 cm³/mol. The molecule has 0 radical (unpaired) electrons. The summed E-state index contributed by atoms with van der Waals surface area (Å²) < 4.78 is 0. The van der Waals surface area contributed by atoms with Crippen molar-refractivity contribution in [2.45, 2.75) is 31.8 Å². The predicted octanol–water partition coefficient (Wildman–Crippen LogP) is 2.51. The van der Waals surface area contributed by atoms with Gasteiger partial charge in [-0.3, -0.25) is 0 Å². The minimum atomic E-state index is 0.393. The van der Waals surface area contributed by atoms with Crippen molar-refractivity contribution in [3.8, 4) is 0 Å². The van der Waals surface area contributed by atoms with Crippen LogP contribution in [0.1, 0.15) is 30.8 Å². The van der Waals surface area contributed by atoms with Crippen molar-refractivity contribution in [2.24, 2.45) is 0 Å². The summed E-state index contributed by atoms with van der Waals surface area (Å²) in [5, 5.41) is 6.78. The average molecular weight is 194 g/mol. The molecular weight excluding hydrogens is 180 g/mol. The maximum absolute atomic E-state index is 4.29. The Morgan fingerprint density at radius 3 is 2.92 bits per heavy atom. The van der Waals surface area contributed by atoms with Crippen LogP contribution in [0.25, 0.3) is 0 Å². The topological polar surface area (TPSA) is 24.9 Å². The number of aromatic nitrogens is 1. The van der Waals surface area contributed by atoms with E-state index in [1.54, 1.807) is 11.3 Å². The van der Waals surface area contributed by atoms with Gasteiger partial charge in [-0.25, -0.2) is 4.98 Å². The van der Waals surface area contributed by atoms with Crippen molar-refractivity contribution in [2.75, 3.05) is 0 Å². The van der Waals surface area contributed by atoms with Crippen LogP contribution in [-0.4, -0.2) is 11.0 Å². The minimum absolute atomic E-state index is 0.393. The van der Waals surface area contributed by atoms with Gasteiger partial charge < -0.3 is 5.32 Å². The first-order chi connectivity index (χ1) is 6.36. The summed E-state index contributed by atoms with van der Waals surface area (Å²) in [5.74, 6) is 0. The van der Waals surface area contributed by atoms with E-state index >= 15 is 0 Å². The highest BCUT2D eigenvalue weighted by molar-refractivity contribution is 7.09. The fourth-order valence-corrected chi connectivity index (χ4v) is 2.28. The highest BCUT2D eigenvalue weighted by Crippen LogP contribution is 2.18. The third-order valence-corrected chi connectivity index (χ3v) is 3.27. The van der Waals surface area contributed by atoms with Crippen LogP contribution in [0.5, 0.6) is 0 Å². The zero-order valence-electron chi connectivity index (χ0n) is 7.73. The van der Waals surface area contributed by atoms with Gasteiger partial charge in [0, 0.05) is 17.6 Å². The van der Waals surface area contributed by atoms with Gasteiger partial charge in [-0.1, -0.05) is 12.2 Å². The molecular formula is C10H14N2S. The maximum atomic E-state index is 4.29. The van der Waals surface area contributed by atoms with Crippen molar-refractivity contribution >= 4 is 11.3 Å². The van der Waals surface area contributed by atoms with Crippen molar-refractivity contribution in [3.63, 3.8) is 0 Å². The maximum Gasteiger partial charge on any atom is 0.109 e. The van der Waals surface area contributed by atoms with Crippen LogP contribution in [0.2, 0.25) is 0 Å². The fourth-order valence-electron chi connectivity index (χ4n) is 1.63. The molecule has 0 aliphatic heterocycles. The van der Waals surface area contributed by atoms with Crippen molar-refractivity contribution in [3.05, 3.63) is 28.7 Å². The number of thiazole rings is 1. The molecule has 2 nitrogen and oxygen atoms in total. The summed E-state index contributed by atoms with van der Waals surface area (Å²) >= 11 is 1.72. The van der Waals surface area contributed by atoms with Gasteiger partial charge in [-0.2, -0.15) is 0 Å². The second-order valence-corrected chi connectivity index (χ2v) is 4.32. The average Bonchev–Trinajstić information content (AvgIpc) is 2.74. The Hall–Kier alpha value is -0.670. The van der Waals surface area contributed by atoms with Crippen molar-refractivity contribution in [1.29, 1.82) is 0 Å². The van der Waals surface area contributed by atoms with E-state index in [4.69, 9.17) is 0 Å². The highest BCUT2D eigenvalue weighted by atomic mass is 32.1. The Kier molecular flexibility index (Phi) is 2.76. The summed E-state index contributed by atoms with van der Waals surface area (Å²) in [5.41, 5.74) is 0. The molecule has 3 heteroatoms. The van der Waals surface area contributed by atoms with Crippen LogP contribution >= 0.6 is 11.3 Å². The van der Waals surface area contributed by atoms with Crippen molar-refractivity contribution < 1.29 is 0 Å². The van der Waals surface area contributed by atoms with Gasteiger partial charge in [0.1, 0.15) is 5.01 Å². The summed E-state index contributed by atoms with van der Waals surface area (Å²) in [7, 11) is 0. The van der Waals surface area contributed by atoms with E-state index in [0.29, 0.717) is 12.1 Å². The number of nitrogens with one attached hydrogen (secondary N) is 1. The van der Waals surface area contributed by atoms with E-state index in [1.165, 1.54) is 5.01 Å². The van der Waals surface area contributed by atoms with Gasteiger partial charge >= 0.3 is 0 Å².